The molecule has 206 valence electrons. The number of carbonyl (C=O) groups is 2. The smallest absolute Gasteiger partial charge is 0.256 e. The van der Waals surface area contributed by atoms with Gasteiger partial charge in [-0.1, -0.05) is 20.4 Å². The zero-order valence-corrected chi connectivity index (χ0v) is 23.7. The van der Waals surface area contributed by atoms with E-state index in [1.807, 2.05) is 32.0 Å². The Morgan fingerprint density at radius 1 is 1.25 bits per heavy atom. The number of pyridine rings is 1. The van der Waals surface area contributed by atoms with Crippen LogP contribution in [0.25, 0.3) is 16.9 Å². The number of carbonyl (C=O) groups excluding carboxylic acids is 2. The fourth-order valence-electron chi connectivity index (χ4n) is 5.51. The van der Waals surface area contributed by atoms with Crippen LogP contribution in [0.5, 0.6) is 11.8 Å². The molecule has 0 aliphatic carbocycles. The number of nitrogens with one attached hydrogen (secondary N) is 1. The van der Waals surface area contributed by atoms with Gasteiger partial charge in [0.1, 0.15) is 12.1 Å². The lowest BCUT2D eigenvalue weighted by Crippen LogP contribution is -2.48. The molecule has 1 atom stereocenters. The van der Waals surface area contributed by atoms with Gasteiger partial charge in [0.25, 0.3) is 5.91 Å². The molecular weight excluding hydrogens is 578 g/mol. The van der Waals surface area contributed by atoms with Crippen LogP contribution in [0.1, 0.15) is 53.0 Å². The predicted octanol–water partition coefficient (Wildman–Crippen LogP) is 3.88. The molecule has 3 aromatic heterocycles. The molecule has 1 aromatic carbocycles. The van der Waals surface area contributed by atoms with Crippen LogP contribution in [-0.4, -0.2) is 77.7 Å². The number of nitrogens with zero attached hydrogens (tertiary/aromatic N) is 6. The monoisotopic (exact) mass is 605 g/mol. The molecule has 1 unspecified atom stereocenters. The molecule has 4 aromatic rings. The molecule has 2 N–H and O–H groups in total. The van der Waals surface area contributed by atoms with Gasteiger partial charge in [0.2, 0.25) is 17.7 Å². The van der Waals surface area contributed by atoms with Crippen LogP contribution in [0.15, 0.2) is 47.7 Å². The summed E-state index contributed by atoms with van der Waals surface area (Å²) in [4.78, 5) is 42.2. The van der Waals surface area contributed by atoms with E-state index in [0.29, 0.717) is 42.3 Å². The van der Waals surface area contributed by atoms with Crippen molar-refractivity contribution in [2.75, 3.05) is 26.2 Å². The van der Waals surface area contributed by atoms with Gasteiger partial charge >= 0.3 is 0 Å². The van der Waals surface area contributed by atoms with Crippen LogP contribution in [0.3, 0.4) is 0 Å². The lowest BCUT2D eigenvalue weighted by molar-refractivity contribution is -0.127. The molecule has 2 aliphatic heterocycles. The molecule has 11 nitrogen and oxygen atoms in total. The van der Waals surface area contributed by atoms with E-state index in [2.05, 4.69) is 37.5 Å². The highest BCUT2D eigenvalue weighted by molar-refractivity contribution is 9.10. The summed E-state index contributed by atoms with van der Waals surface area (Å²) in [6.45, 7) is 8.79. The summed E-state index contributed by atoms with van der Waals surface area (Å²) in [6.07, 6.45) is 3.30. The highest BCUT2D eigenvalue weighted by Gasteiger charge is 2.41. The average molecular weight is 606 g/mol. The number of amides is 2. The van der Waals surface area contributed by atoms with Gasteiger partial charge in [-0.15, -0.1) is 5.10 Å². The summed E-state index contributed by atoms with van der Waals surface area (Å²) in [5, 5.41) is 15.3. The molecule has 0 saturated carbocycles. The summed E-state index contributed by atoms with van der Waals surface area (Å²) < 4.78 is 8.58. The summed E-state index contributed by atoms with van der Waals surface area (Å²) in [6, 6.07) is 6.70. The normalized spacial score (nSPS) is 16.9. The number of benzene rings is 1. The van der Waals surface area contributed by atoms with Gasteiger partial charge < -0.3 is 24.6 Å². The zero-order valence-electron chi connectivity index (χ0n) is 22.1. The van der Waals surface area contributed by atoms with Gasteiger partial charge in [-0.05, 0) is 52.2 Å². The maximum absolute atomic E-state index is 14.1. The van der Waals surface area contributed by atoms with Crippen LogP contribution < -0.4 is 4.74 Å². The topological polar surface area (TPSA) is 129 Å². The van der Waals surface area contributed by atoms with Crippen LogP contribution in [0.4, 0.5) is 0 Å². The standard InChI is InChI=1S/C28H28BrN7O4/c1-4-22(37)34-11-12-40-27-23-19(36(33-27)21-8-6-16(15(2)3)26(38)32-21)9-10-35(20(23)13-34)28(39)17-5-7-18(29)25-24(17)30-14-31-25/h4-8,14-15,20H,1,9-13H2,2-3H3,(H,30,31)(H,32,38). The lowest BCUT2D eigenvalue weighted by Gasteiger charge is -2.39. The zero-order chi connectivity index (χ0) is 28.1. The lowest BCUT2D eigenvalue weighted by atomic mass is 9.95. The number of hydrogen-bond donors (Lipinski definition) is 2. The van der Waals surface area contributed by atoms with E-state index in [0.717, 1.165) is 26.8 Å². The Morgan fingerprint density at radius 2 is 2.08 bits per heavy atom. The minimum absolute atomic E-state index is 0.0475. The molecule has 0 fully saturated rings. The molecule has 40 heavy (non-hydrogen) atoms. The summed E-state index contributed by atoms with van der Waals surface area (Å²) in [7, 11) is 0. The van der Waals surface area contributed by atoms with Gasteiger partial charge in [0, 0.05) is 29.5 Å². The third kappa shape index (κ3) is 4.23. The van der Waals surface area contributed by atoms with Gasteiger partial charge in [-0.2, -0.15) is 4.98 Å². The number of rotatable bonds is 4. The van der Waals surface area contributed by atoms with E-state index >= 15 is 0 Å². The molecule has 0 saturated heterocycles. The third-order valence-corrected chi connectivity index (χ3v) is 8.18. The number of aromatic nitrogens is 5. The quantitative estimate of drug-likeness (QED) is 0.338. The van der Waals surface area contributed by atoms with E-state index < -0.39 is 6.04 Å². The van der Waals surface area contributed by atoms with Crippen molar-refractivity contribution in [2.45, 2.75) is 32.2 Å². The summed E-state index contributed by atoms with van der Waals surface area (Å²) >= 11 is 3.51. The van der Waals surface area contributed by atoms with E-state index in [-0.39, 0.29) is 36.8 Å². The van der Waals surface area contributed by atoms with Gasteiger partial charge in [0.15, 0.2) is 5.82 Å². The number of imidazole rings is 1. The number of fused-ring (bicyclic) bond motifs is 1. The number of aromatic hydroxyl groups is 1. The number of halogens is 1. The van der Waals surface area contributed by atoms with E-state index in [9.17, 15) is 14.7 Å². The molecule has 6 rings (SSSR count). The fraction of sp³-hybridized carbons (Fsp3) is 0.321. The average Bonchev–Trinajstić information content (AvgIpc) is 3.56. The fourth-order valence-corrected chi connectivity index (χ4v) is 5.95. The van der Waals surface area contributed by atoms with Crippen LogP contribution >= 0.6 is 15.9 Å². The molecule has 5 heterocycles. The maximum atomic E-state index is 14.1. The highest BCUT2D eigenvalue weighted by atomic mass is 79.9. The number of ether oxygens (including phenoxy) is 1. The Balaban J connectivity index is 1.47. The second-order valence-corrected chi connectivity index (χ2v) is 11.0. The van der Waals surface area contributed by atoms with Crippen LogP contribution in [0.2, 0.25) is 0 Å². The van der Waals surface area contributed by atoms with E-state index in [4.69, 9.17) is 9.84 Å². The summed E-state index contributed by atoms with van der Waals surface area (Å²) in [5.74, 6) is 0.455. The number of hydrogen-bond acceptors (Lipinski definition) is 7. The Labute approximate surface area is 238 Å². The predicted molar refractivity (Wildman–Crippen MR) is 151 cm³/mol. The Kier molecular flexibility index (Phi) is 6.57. The van der Waals surface area contributed by atoms with Crippen molar-refractivity contribution in [3.8, 4) is 17.6 Å². The van der Waals surface area contributed by atoms with E-state index in [1.165, 1.54) is 6.08 Å². The van der Waals surface area contributed by atoms with Crippen LogP contribution in [-0.2, 0) is 11.2 Å². The molecule has 2 aliphatic rings. The van der Waals surface area contributed by atoms with Crippen molar-refractivity contribution in [3.05, 3.63) is 70.1 Å². The largest absolute Gasteiger partial charge is 0.493 e. The molecule has 0 bridgehead atoms. The molecule has 0 spiro atoms. The molecule has 12 heteroatoms. The summed E-state index contributed by atoms with van der Waals surface area (Å²) in [5.41, 5.74) is 4.04. The van der Waals surface area contributed by atoms with Crippen LogP contribution in [0, 0.1) is 0 Å². The van der Waals surface area contributed by atoms with Gasteiger partial charge in [-0.3, -0.25) is 9.59 Å². The Bertz CT molecular complexity index is 1660. The van der Waals surface area contributed by atoms with Gasteiger partial charge in [-0.25, -0.2) is 9.67 Å². The Hall–Kier alpha value is -4.19. The van der Waals surface area contributed by atoms with Crippen molar-refractivity contribution in [2.24, 2.45) is 0 Å². The minimum Gasteiger partial charge on any atom is -0.493 e. The van der Waals surface area contributed by atoms with Crippen molar-refractivity contribution in [3.63, 3.8) is 0 Å². The second kappa shape index (κ2) is 10.1. The van der Waals surface area contributed by atoms with Crippen molar-refractivity contribution in [1.29, 1.82) is 0 Å². The van der Waals surface area contributed by atoms with Crippen molar-refractivity contribution in [1.82, 2.24) is 34.5 Å². The Morgan fingerprint density at radius 3 is 2.83 bits per heavy atom. The number of aromatic amines is 1. The second-order valence-electron chi connectivity index (χ2n) is 10.1. The molecule has 2 amide bonds. The highest BCUT2D eigenvalue weighted by Crippen LogP contribution is 2.40. The van der Waals surface area contributed by atoms with Crippen molar-refractivity contribution < 1.29 is 19.4 Å². The van der Waals surface area contributed by atoms with Gasteiger partial charge in [0.05, 0.1) is 41.3 Å². The maximum Gasteiger partial charge on any atom is 0.256 e. The molecule has 0 radical (unpaired) electrons. The minimum atomic E-state index is -0.537. The first-order valence-corrected chi connectivity index (χ1v) is 13.9. The number of H-pyrrole nitrogens is 1. The first-order chi connectivity index (χ1) is 19.3. The molecular formula is C28H28BrN7O4. The SMILES string of the molecule is C=CC(=O)N1CCOc2nn(-c3ccc(C(C)C)c(O)n3)c3c2C(C1)N(C(=O)c1ccc(Br)c2[nH]cnc12)CC3. The van der Waals surface area contributed by atoms with Crippen molar-refractivity contribution >= 4 is 38.8 Å². The first kappa shape index (κ1) is 26.1. The third-order valence-electron chi connectivity index (χ3n) is 7.52. The van der Waals surface area contributed by atoms with E-state index in [1.54, 1.807) is 26.9 Å². The first-order valence-electron chi connectivity index (χ1n) is 13.1.